The van der Waals surface area contributed by atoms with Gasteiger partial charge in [0.25, 0.3) is 0 Å². The number of fused-ring (bicyclic) bond motifs is 2. The molecular formula is C13H16F3N3. The summed E-state index contributed by atoms with van der Waals surface area (Å²) in [6.07, 6.45) is -1.36. The third kappa shape index (κ3) is 1.94. The zero-order valence-electron chi connectivity index (χ0n) is 10.4. The molecule has 104 valence electrons. The Balaban J connectivity index is 2.02. The molecule has 1 saturated carbocycles. The largest absolute Gasteiger partial charge is 0.433 e. The summed E-state index contributed by atoms with van der Waals surface area (Å²) in [4.78, 5) is 3.42. The lowest BCUT2D eigenvalue weighted by atomic mass is 9.73. The average molecular weight is 271 g/mol. The van der Waals surface area contributed by atoms with Crippen LogP contribution in [0.2, 0.25) is 0 Å². The quantitative estimate of drug-likeness (QED) is 0.817. The van der Waals surface area contributed by atoms with E-state index in [-0.39, 0.29) is 11.5 Å². The van der Waals surface area contributed by atoms with E-state index in [1.165, 1.54) is 6.20 Å². The molecule has 2 bridgehead atoms. The number of pyridine rings is 1. The molecule has 1 aromatic rings. The van der Waals surface area contributed by atoms with Gasteiger partial charge >= 0.3 is 6.18 Å². The number of rotatable bonds is 1. The molecule has 3 rings (SSSR count). The molecule has 1 aromatic heterocycles. The Morgan fingerprint density at radius 3 is 2.95 bits per heavy atom. The normalized spacial score (nSPS) is 34.5. The van der Waals surface area contributed by atoms with E-state index in [1.54, 1.807) is 6.07 Å². The van der Waals surface area contributed by atoms with E-state index >= 15 is 0 Å². The van der Waals surface area contributed by atoms with Gasteiger partial charge in [0.2, 0.25) is 0 Å². The Kier molecular flexibility index (Phi) is 2.83. The lowest BCUT2D eigenvalue weighted by Crippen LogP contribution is -2.56. The molecule has 0 amide bonds. The van der Waals surface area contributed by atoms with Crippen LogP contribution in [0.1, 0.15) is 24.1 Å². The first-order valence-electron chi connectivity index (χ1n) is 6.43. The van der Waals surface area contributed by atoms with Crippen molar-refractivity contribution >= 4 is 0 Å². The van der Waals surface area contributed by atoms with Gasteiger partial charge in [-0.25, -0.2) is 0 Å². The van der Waals surface area contributed by atoms with Crippen molar-refractivity contribution in [3.8, 4) is 0 Å². The zero-order valence-corrected chi connectivity index (χ0v) is 10.4. The van der Waals surface area contributed by atoms with Crippen LogP contribution < -0.4 is 11.1 Å². The summed E-state index contributed by atoms with van der Waals surface area (Å²) in [5, 5.41) is 3.29. The summed E-state index contributed by atoms with van der Waals surface area (Å²) < 4.78 is 38.3. The number of nitrogens with two attached hydrogens (primary N) is 1. The Bertz CT molecular complexity index is 484. The van der Waals surface area contributed by atoms with Crippen LogP contribution in [0.25, 0.3) is 0 Å². The Morgan fingerprint density at radius 2 is 2.21 bits per heavy atom. The fourth-order valence-electron chi connectivity index (χ4n) is 3.49. The highest BCUT2D eigenvalue weighted by molar-refractivity contribution is 5.33. The van der Waals surface area contributed by atoms with Gasteiger partial charge in [0.1, 0.15) is 5.69 Å². The fraction of sp³-hybridized carbons (Fsp3) is 0.615. The van der Waals surface area contributed by atoms with Gasteiger partial charge in [-0.2, -0.15) is 13.2 Å². The second kappa shape index (κ2) is 4.18. The smallest absolute Gasteiger partial charge is 0.327 e. The van der Waals surface area contributed by atoms with Crippen LogP contribution >= 0.6 is 0 Å². The van der Waals surface area contributed by atoms with E-state index in [0.29, 0.717) is 18.0 Å². The highest BCUT2D eigenvalue weighted by atomic mass is 19.4. The Morgan fingerprint density at radius 1 is 1.42 bits per heavy atom. The van der Waals surface area contributed by atoms with E-state index in [0.717, 1.165) is 25.5 Å². The standard InChI is InChI=1S/C13H16F3N3/c14-13(15,16)10-5-9(2-4-19-10)12-3-1-8(11(12)17)6-18-7-12/h2,4-5,8,11,18H,1,3,6-7,17H2. The third-order valence-corrected chi connectivity index (χ3v) is 4.58. The van der Waals surface area contributed by atoms with Crippen molar-refractivity contribution in [1.29, 1.82) is 0 Å². The van der Waals surface area contributed by atoms with Gasteiger partial charge in [-0.15, -0.1) is 0 Å². The number of halogens is 3. The molecular weight excluding hydrogens is 255 g/mol. The van der Waals surface area contributed by atoms with Gasteiger partial charge in [0.05, 0.1) is 0 Å². The highest BCUT2D eigenvalue weighted by Gasteiger charge is 2.50. The van der Waals surface area contributed by atoms with Crippen LogP contribution in [0.15, 0.2) is 18.3 Å². The predicted octanol–water partition coefficient (Wildman–Crippen LogP) is 1.68. The van der Waals surface area contributed by atoms with Crippen LogP contribution in [-0.2, 0) is 11.6 Å². The van der Waals surface area contributed by atoms with Crippen LogP contribution in [-0.4, -0.2) is 24.1 Å². The number of nitrogens with zero attached hydrogens (tertiary/aromatic N) is 1. The number of aromatic nitrogens is 1. The first kappa shape index (κ1) is 12.9. The second-order valence-electron chi connectivity index (χ2n) is 5.54. The minimum atomic E-state index is -4.41. The molecule has 1 saturated heterocycles. The first-order valence-corrected chi connectivity index (χ1v) is 6.43. The number of hydrogen-bond acceptors (Lipinski definition) is 3. The molecule has 2 heterocycles. The van der Waals surface area contributed by atoms with Crippen molar-refractivity contribution in [3.05, 3.63) is 29.6 Å². The molecule has 6 heteroatoms. The maximum Gasteiger partial charge on any atom is 0.433 e. The fourth-order valence-corrected chi connectivity index (χ4v) is 3.49. The maximum atomic E-state index is 12.8. The molecule has 2 aliphatic rings. The van der Waals surface area contributed by atoms with Crippen molar-refractivity contribution in [1.82, 2.24) is 10.3 Å². The average Bonchev–Trinajstić information content (AvgIpc) is 2.58. The van der Waals surface area contributed by atoms with E-state index in [9.17, 15) is 13.2 Å². The molecule has 3 nitrogen and oxygen atoms in total. The molecule has 0 radical (unpaired) electrons. The SMILES string of the molecule is NC1C2CCC1(c1ccnc(C(F)(F)F)c1)CNC2. The maximum absolute atomic E-state index is 12.8. The number of nitrogens with one attached hydrogen (secondary N) is 1. The van der Waals surface area contributed by atoms with Gasteiger partial charge in [-0.05, 0) is 43.0 Å². The summed E-state index contributed by atoms with van der Waals surface area (Å²) in [6, 6.07) is 2.76. The molecule has 1 aliphatic carbocycles. The van der Waals surface area contributed by atoms with Crippen LogP contribution in [0, 0.1) is 5.92 Å². The topological polar surface area (TPSA) is 50.9 Å². The molecule has 3 atom stereocenters. The Hall–Kier alpha value is -1.14. The third-order valence-electron chi connectivity index (χ3n) is 4.58. The molecule has 19 heavy (non-hydrogen) atoms. The van der Waals surface area contributed by atoms with Gasteiger partial charge < -0.3 is 11.1 Å². The summed E-state index contributed by atoms with van der Waals surface area (Å²) in [5.41, 5.74) is 5.73. The van der Waals surface area contributed by atoms with Gasteiger partial charge in [0, 0.05) is 24.2 Å². The second-order valence-corrected chi connectivity index (χ2v) is 5.54. The van der Waals surface area contributed by atoms with Crippen molar-refractivity contribution < 1.29 is 13.2 Å². The minimum Gasteiger partial charge on any atom is -0.327 e. The molecule has 0 spiro atoms. The molecule has 1 aliphatic heterocycles. The Labute approximate surface area is 109 Å². The van der Waals surface area contributed by atoms with Crippen molar-refractivity contribution in [2.75, 3.05) is 13.1 Å². The summed E-state index contributed by atoms with van der Waals surface area (Å²) >= 11 is 0. The molecule has 3 N–H and O–H groups in total. The van der Waals surface area contributed by atoms with Gasteiger partial charge in [-0.1, -0.05) is 0 Å². The van der Waals surface area contributed by atoms with Crippen molar-refractivity contribution in [3.63, 3.8) is 0 Å². The van der Waals surface area contributed by atoms with Gasteiger partial charge in [0.15, 0.2) is 0 Å². The van der Waals surface area contributed by atoms with Crippen molar-refractivity contribution in [2.24, 2.45) is 11.7 Å². The molecule has 3 unspecified atom stereocenters. The van der Waals surface area contributed by atoms with Crippen LogP contribution in [0.3, 0.4) is 0 Å². The van der Waals surface area contributed by atoms with E-state index in [2.05, 4.69) is 10.3 Å². The van der Waals surface area contributed by atoms with Crippen molar-refractivity contribution in [2.45, 2.75) is 30.5 Å². The van der Waals surface area contributed by atoms with Gasteiger partial charge in [-0.3, -0.25) is 4.98 Å². The minimum absolute atomic E-state index is 0.0720. The lowest BCUT2D eigenvalue weighted by molar-refractivity contribution is -0.141. The lowest BCUT2D eigenvalue weighted by Gasteiger charge is -2.40. The monoisotopic (exact) mass is 271 g/mol. The molecule has 0 aromatic carbocycles. The molecule has 2 fully saturated rings. The van der Waals surface area contributed by atoms with E-state index in [1.807, 2.05) is 0 Å². The highest BCUT2D eigenvalue weighted by Crippen LogP contribution is 2.45. The van der Waals surface area contributed by atoms with Crippen LogP contribution in [0.4, 0.5) is 13.2 Å². The summed E-state index contributed by atoms with van der Waals surface area (Å²) in [7, 11) is 0. The number of alkyl halides is 3. The zero-order chi connectivity index (χ0) is 13.7. The number of hydrogen-bond donors (Lipinski definition) is 2. The first-order chi connectivity index (χ1) is 8.93. The van der Waals surface area contributed by atoms with Crippen LogP contribution in [0.5, 0.6) is 0 Å². The summed E-state index contributed by atoms with van der Waals surface area (Å²) in [5.74, 6) is 0.358. The number of piperidine rings is 1. The summed E-state index contributed by atoms with van der Waals surface area (Å²) in [6.45, 7) is 1.51. The predicted molar refractivity (Wildman–Crippen MR) is 64.5 cm³/mol. The van der Waals surface area contributed by atoms with E-state index in [4.69, 9.17) is 5.73 Å². The van der Waals surface area contributed by atoms with E-state index < -0.39 is 11.9 Å².